The molecule has 1 aromatic heterocycles. The summed E-state index contributed by atoms with van der Waals surface area (Å²) in [7, 11) is 0. The Labute approximate surface area is 118 Å². The predicted octanol–water partition coefficient (Wildman–Crippen LogP) is 0.680. The van der Waals surface area contributed by atoms with E-state index in [-0.39, 0.29) is 11.9 Å². The Bertz CT molecular complexity index is 533. The van der Waals surface area contributed by atoms with Crippen LogP contribution in [0.5, 0.6) is 0 Å². The van der Waals surface area contributed by atoms with Gasteiger partial charge >= 0.3 is 0 Å². The SMILES string of the molecule is CC(N)CC(=O)NCc1ccc(Cn2cncn2)cc1. The van der Waals surface area contributed by atoms with Gasteiger partial charge in [0.15, 0.2) is 0 Å². The molecule has 2 aromatic rings. The van der Waals surface area contributed by atoms with E-state index in [2.05, 4.69) is 15.4 Å². The maximum atomic E-state index is 11.5. The predicted molar refractivity (Wildman–Crippen MR) is 75.7 cm³/mol. The number of aromatic nitrogens is 3. The van der Waals surface area contributed by atoms with Crippen LogP contribution in [0.25, 0.3) is 0 Å². The molecule has 0 spiro atoms. The van der Waals surface area contributed by atoms with Gasteiger partial charge in [-0.25, -0.2) is 9.67 Å². The molecule has 2 rings (SSSR count). The molecule has 6 nitrogen and oxygen atoms in total. The quantitative estimate of drug-likeness (QED) is 0.810. The second-order valence-electron chi connectivity index (χ2n) is 4.87. The van der Waals surface area contributed by atoms with E-state index in [4.69, 9.17) is 5.73 Å². The molecular formula is C14H19N5O. The number of hydrogen-bond donors (Lipinski definition) is 2. The smallest absolute Gasteiger partial charge is 0.221 e. The van der Waals surface area contributed by atoms with Crippen LogP contribution in [0.3, 0.4) is 0 Å². The van der Waals surface area contributed by atoms with E-state index in [0.717, 1.165) is 11.1 Å². The molecule has 0 fully saturated rings. The molecule has 1 amide bonds. The summed E-state index contributed by atoms with van der Waals surface area (Å²) in [6, 6.07) is 7.93. The number of carbonyl (C=O) groups excluding carboxylic acids is 1. The minimum absolute atomic E-state index is 0.0216. The first-order valence-corrected chi connectivity index (χ1v) is 6.56. The van der Waals surface area contributed by atoms with Crippen molar-refractivity contribution in [1.29, 1.82) is 0 Å². The fraction of sp³-hybridized carbons (Fsp3) is 0.357. The Morgan fingerprint density at radius 2 is 2.05 bits per heavy atom. The van der Waals surface area contributed by atoms with Crippen LogP contribution >= 0.6 is 0 Å². The normalized spacial score (nSPS) is 12.1. The Morgan fingerprint density at radius 3 is 2.65 bits per heavy atom. The van der Waals surface area contributed by atoms with E-state index in [1.165, 1.54) is 6.33 Å². The van der Waals surface area contributed by atoms with Crippen LogP contribution in [0.2, 0.25) is 0 Å². The van der Waals surface area contributed by atoms with Crippen LogP contribution in [-0.2, 0) is 17.9 Å². The van der Waals surface area contributed by atoms with Crippen LogP contribution in [-0.4, -0.2) is 26.7 Å². The number of nitrogens with zero attached hydrogens (tertiary/aromatic N) is 3. The molecule has 0 aliphatic heterocycles. The van der Waals surface area contributed by atoms with Crippen LogP contribution in [0, 0.1) is 0 Å². The van der Waals surface area contributed by atoms with Crippen molar-refractivity contribution in [3.05, 3.63) is 48.0 Å². The zero-order valence-corrected chi connectivity index (χ0v) is 11.5. The van der Waals surface area contributed by atoms with E-state index in [9.17, 15) is 4.79 Å². The van der Waals surface area contributed by atoms with E-state index < -0.39 is 0 Å². The third-order valence-corrected chi connectivity index (χ3v) is 2.83. The molecule has 0 aliphatic rings. The van der Waals surface area contributed by atoms with Gasteiger partial charge in [0.1, 0.15) is 12.7 Å². The van der Waals surface area contributed by atoms with Gasteiger partial charge in [0, 0.05) is 19.0 Å². The molecule has 3 N–H and O–H groups in total. The summed E-state index contributed by atoms with van der Waals surface area (Å²) in [4.78, 5) is 15.4. The van der Waals surface area contributed by atoms with Crippen LogP contribution in [0.1, 0.15) is 24.5 Å². The molecule has 1 aromatic carbocycles. The molecule has 1 atom stereocenters. The van der Waals surface area contributed by atoms with Crippen LogP contribution < -0.4 is 11.1 Å². The zero-order chi connectivity index (χ0) is 14.4. The second kappa shape index (κ2) is 6.81. The van der Waals surface area contributed by atoms with Gasteiger partial charge in [0.05, 0.1) is 6.54 Å². The summed E-state index contributed by atoms with van der Waals surface area (Å²) in [5.74, 6) is -0.0216. The first kappa shape index (κ1) is 14.2. The van der Waals surface area contributed by atoms with Crippen molar-refractivity contribution in [3.8, 4) is 0 Å². The van der Waals surface area contributed by atoms with Crippen molar-refractivity contribution in [3.63, 3.8) is 0 Å². The van der Waals surface area contributed by atoms with Gasteiger partial charge in [-0.1, -0.05) is 24.3 Å². The van der Waals surface area contributed by atoms with Crippen molar-refractivity contribution in [1.82, 2.24) is 20.1 Å². The topological polar surface area (TPSA) is 85.8 Å². The van der Waals surface area contributed by atoms with Gasteiger partial charge in [-0.3, -0.25) is 4.79 Å². The highest BCUT2D eigenvalue weighted by Gasteiger charge is 2.04. The monoisotopic (exact) mass is 273 g/mol. The number of hydrogen-bond acceptors (Lipinski definition) is 4. The van der Waals surface area contributed by atoms with Crippen LogP contribution in [0.4, 0.5) is 0 Å². The van der Waals surface area contributed by atoms with Gasteiger partial charge in [0.25, 0.3) is 0 Å². The van der Waals surface area contributed by atoms with Gasteiger partial charge in [-0.15, -0.1) is 0 Å². The lowest BCUT2D eigenvalue weighted by Gasteiger charge is -2.08. The number of nitrogens with one attached hydrogen (secondary N) is 1. The lowest BCUT2D eigenvalue weighted by molar-refractivity contribution is -0.121. The molecule has 20 heavy (non-hydrogen) atoms. The van der Waals surface area contributed by atoms with Crippen molar-refractivity contribution in [2.45, 2.75) is 32.5 Å². The number of carbonyl (C=O) groups is 1. The zero-order valence-electron chi connectivity index (χ0n) is 11.5. The molecule has 1 heterocycles. The summed E-state index contributed by atoms with van der Waals surface area (Å²) in [6.45, 7) is 3.03. The highest BCUT2D eigenvalue weighted by Crippen LogP contribution is 2.06. The van der Waals surface area contributed by atoms with Gasteiger partial charge in [0.2, 0.25) is 5.91 Å². The van der Waals surface area contributed by atoms with Crippen molar-refractivity contribution in [2.75, 3.05) is 0 Å². The summed E-state index contributed by atoms with van der Waals surface area (Å²) >= 11 is 0. The Morgan fingerprint density at radius 1 is 1.35 bits per heavy atom. The molecule has 0 radical (unpaired) electrons. The van der Waals surface area contributed by atoms with Crippen molar-refractivity contribution < 1.29 is 4.79 Å². The molecule has 6 heteroatoms. The van der Waals surface area contributed by atoms with E-state index >= 15 is 0 Å². The Balaban J connectivity index is 1.84. The number of nitrogens with two attached hydrogens (primary N) is 1. The molecule has 0 saturated heterocycles. The lowest BCUT2D eigenvalue weighted by atomic mass is 10.1. The number of benzene rings is 1. The van der Waals surface area contributed by atoms with Crippen molar-refractivity contribution >= 4 is 5.91 Å². The molecule has 0 saturated carbocycles. The minimum Gasteiger partial charge on any atom is -0.352 e. The fourth-order valence-corrected chi connectivity index (χ4v) is 1.83. The van der Waals surface area contributed by atoms with E-state index in [1.807, 2.05) is 31.2 Å². The van der Waals surface area contributed by atoms with Gasteiger partial charge < -0.3 is 11.1 Å². The standard InChI is InChI=1S/C14H19N5O/c1-11(15)6-14(20)17-7-12-2-4-13(5-3-12)8-19-10-16-9-18-19/h2-5,9-11H,6-8,15H2,1H3,(H,17,20). The number of rotatable bonds is 6. The Kier molecular flexibility index (Phi) is 4.84. The molecule has 0 bridgehead atoms. The molecule has 0 aliphatic carbocycles. The Hall–Kier alpha value is -2.21. The molecule has 106 valence electrons. The highest BCUT2D eigenvalue weighted by molar-refractivity contribution is 5.76. The lowest BCUT2D eigenvalue weighted by Crippen LogP contribution is -2.29. The summed E-state index contributed by atoms with van der Waals surface area (Å²) in [5, 5.41) is 6.91. The maximum Gasteiger partial charge on any atom is 0.221 e. The second-order valence-corrected chi connectivity index (χ2v) is 4.87. The third kappa shape index (κ3) is 4.47. The highest BCUT2D eigenvalue weighted by atomic mass is 16.1. The van der Waals surface area contributed by atoms with E-state index in [1.54, 1.807) is 11.0 Å². The van der Waals surface area contributed by atoms with Crippen LogP contribution in [0.15, 0.2) is 36.9 Å². The van der Waals surface area contributed by atoms with Gasteiger partial charge in [-0.05, 0) is 18.1 Å². The first-order valence-electron chi connectivity index (χ1n) is 6.56. The van der Waals surface area contributed by atoms with E-state index in [0.29, 0.717) is 19.5 Å². The van der Waals surface area contributed by atoms with Gasteiger partial charge in [-0.2, -0.15) is 5.10 Å². The summed E-state index contributed by atoms with van der Waals surface area (Å²) in [5.41, 5.74) is 7.77. The summed E-state index contributed by atoms with van der Waals surface area (Å²) in [6.07, 6.45) is 3.55. The third-order valence-electron chi connectivity index (χ3n) is 2.83. The average Bonchev–Trinajstić information content (AvgIpc) is 2.90. The first-order chi connectivity index (χ1) is 9.63. The largest absolute Gasteiger partial charge is 0.352 e. The maximum absolute atomic E-state index is 11.5. The summed E-state index contributed by atoms with van der Waals surface area (Å²) < 4.78 is 1.76. The molecule has 1 unspecified atom stereocenters. The fourth-order valence-electron chi connectivity index (χ4n) is 1.83. The number of amides is 1. The minimum atomic E-state index is -0.111. The van der Waals surface area contributed by atoms with Crippen molar-refractivity contribution in [2.24, 2.45) is 5.73 Å². The molecular weight excluding hydrogens is 254 g/mol. The average molecular weight is 273 g/mol.